The summed E-state index contributed by atoms with van der Waals surface area (Å²) in [5, 5.41) is 0. The molecular formula is C8H15NO2S. The van der Waals surface area contributed by atoms with Crippen molar-refractivity contribution in [3.8, 4) is 0 Å². The van der Waals surface area contributed by atoms with Crippen molar-refractivity contribution in [3.05, 3.63) is 0 Å². The second-order valence-corrected chi connectivity index (χ2v) is 4.22. The number of hydrogen-bond donors (Lipinski definition) is 1. The number of ether oxygens (including phenoxy) is 1. The standard InChI is InChI=1S/C8H15NO2S/c1-11-8(10)4-6-5-12-3-2-7(6)9/h6-7H,2-5,9H2,1H3. The number of carbonyl (C=O) groups is 1. The van der Waals surface area contributed by atoms with Crippen molar-refractivity contribution in [2.75, 3.05) is 18.6 Å². The van der Waals surface area contributed by atoms with Crippen LogP contribution in [-0.2, 0) is 9.53 Å². The summed E-state index contributed by atoms with van der Waals surface area (Å²) < 4.78 is 4.60. The predicted octanol–water partition coefficient (Wildman–Crippen LogP) is 0.630. The molecule has 0 aromatic carbocycles. The number of thioether (sulfide) groups is 1. The molecule has 0 radical (unpaired) electrons. The highest BCUT2D eigenvalue weighted by atomic mass is 32.2. The van der Waals surface area contributed by atoms with Gasteiger partial charge < -0.3 is 10.5 Å². The second kappa shape index (κ2) is 4.72. The summed E-state index contributed by atoms with van der Waals surface area (Å²) in [4.78, 5) is 10.9. The summed E-state index contributed by atoms with van der Waals surface area (Å²) in [7, 11) is 1.42. The first kappa shape index (κ1) is 9.86. The maximum atomic E-state index is 10.9. The van der Waals surface area contributed by atoms with E-state index in [0.29, 0.717) is 12.3 Å². The molecule has 2 unspecified atom stereocenters. The van der Waals surface area contributed by atoms with E-state index in [-0.39, 0.29) is 12.0 Å². The van der Waals surface area contributed by atoms with Crippen LogP contribution >= 0.6 is 11.8 Å². The number of esters is 1. The minimum absolute atomic E-state index is 0.141. The Kier molecular flexibility index (Phi) is 3.88. The molecule has 0 spiro atoms. The van der Waals surface area contributed by atoms with Crippen molar-refractivity contribution in [2.45, 2.75) is 18.9 Å². The Morgan fingerprint density at radius 2 is 2.50 bits per heavy atom. The first-order valence-corrected chi connectivity index (χ1v) is 5.29. The van der Waals surface area contributed by atoms with Crippen molar-refractivity contribution in [3.63, 3.8) is 0 Å². The highest BCUT2D eigenvalue weighted by molar-refractivity contribution is 7.99. The van der Waals surface area contributed by atoms with Crippen LogP contribution in [0.2, 0.25) is 0 Å². The van der Waals surface area contributed by atoms with Crippen LogP contribution < -0.4 is 5.73 Å². The molecule has 1 heterocycles. The van der Waals surface area contributed by atoms with Gasteiger partial charge in [-0.1, -0.05) is 0 Å². The Bertz CT molecular complexity index is 163. The third kappa shape index (κ3) is 2.68. The number of methoxy groups -OCH3 is 1. The number of carbonyl (C=O) groups excluding carboxylic acids is 1. The fraction of sp³-hybridized carbons (Fsp3) is 0.875. The Hall–Kier alpha value is -0.220. The zero-order chi connectivity index (χ0) is 8.97. The summed E-state index contributed by atoms with van der Waals surface area (Å²) >= 11 is 1.87. The smallest absolute Gasteiger partial charge is 0.305 e. The molecule has 2 N–H and O–H groups in total. The van der Waals surface area contributed by atoms with Crippen molar-refractivity contribution >= 4 is 17.7 Å². The van der Waals surface area contributed by atoms with Gasteiger partial charge in [0.15, 0.2) is 0 Å². The van der Waals surface area contributed by atoms with E-state index in [9.17, 15) is 4.79 Å². The summed E-state index contributed by atoms with van der Waals surface area (Å²) in [6.45, 7) is 0. The molecule has 0 bridgehead atoms. The van der Waals surface area contributed by atoms with Gasteiger partial charge in [0.1, 0.15) is 0 Å². The van der Waals surface area contributed by atoms with Crippen LogP contribution in [0.25, 0.3) is 0 Å². The van der Waals surface area contributed by atoms with Gasteiger partial charge in [-0.25, -0.2) is 0 Å². The first-order valence-electron chi connectivity index (χ1n) is 4.14. The van der Waals surface area contributed by atoms with Crippen LogP contribution in [0.4, 0.5) is 0 Å². The molecule has 0 aromatic rings. The van der Waals surface area contributed by atoms with Gasteiger partial charge in [-0.3, -0.25) is 4.79 Å². The zero-order valence-electron chi connectivity index (χ0n) is 7.29. The molecule has 12 heavy (non-hydrogen) atoms. The Labute approximate surface area is 77.0 Å². The highest BCUT2D eigenvalue weighted by Gasteiger charge is 2.24. The van der Waals surface area contributed by atoms with E-state index in [2.05, 4.69) is 4.74 Å². The maximum Gasteiger partial charge on any atom is 0.305 e. The lowest BCUT2D eigenvalue weighted by Crippen LogP contribution is -2.36. The fourth-order valence-corrected chi connectivity index (χ4v) is 2.59. The molecule has 1 rings (SSSR count). The predicted molar refractivity (Wildman–Crippen MR) is 50.0 cm³/mol. The van der Waals surface area contributed by atoms with E-state index in [1.54, 1.807) is 0 Å². The summed E-state index contributed by atoms with van der Waals surface area (Å²) in [5.74, 6) is 2.30. The average molecular weight is 189 g/mol. The van der Waals surface area contributed by atoms with Crippen molar-refractivity contribution in [2.24, 2.45) is 11.7 Å². The van der Waals surface area contributed by atoms with Gasteiger partial charge in [0, 0.05) is 6.04 Å². The van der Waals surface area contributed by atoms with Gasteiger partial charge in [-0.15, -0.1) is 0 Å². The summed E-state index contributed by atoms with van der Waals surface area (Å²) in [5.41, 5.74) is 5.86. The van der Waals surface area contributed by atoms with Crippen LogP contribution in [0.5, 0.6) is 0 Å². The maximum absolute atomic E-state index is 10.9. The fourth-order valence-electron chi connectivity index (χ4n) is 1.32. The lowest BCUT2D eigenvalue weighted by atomic mass is 9.96. The number of rotatable bonds is 2. The molecular weight excluding hydrogens is 174 g/mol. The number of nitrogens with two attached hydrogens (primary N) is 1. The SMILES string of the molecule is COC(=O)CC1CSCCC1N. The Morgan fingerprint density at radius 3 is 3.08 bits per heavy atom. The third-order valence-corrected chi connectivity index (χ3v) is 3.38. The number of hydrogen-bond acceptors (Lipinski definition) is 4. The summed E-state index contributed by atoms with van der Waals surface area (Å²) in [6.07, 6.45) is 1.50. The Balaban J connectivity index is 2.33. The molecule has 0 aliphatic carbocycles. The van der Waals surface area contributed by atoms with E-state index < -0.39 is 0 Å². The van der Waals surface area contributed by atoms with E-state index in [1.807, 2.05) is 11.8 Å². The molecule has 0 amide bonds. The molecule has 3 nitrogen and oxygen atoms in total. The molecule has 1 aliphatic rings. The average Bonchev–Trinajstić information content (AvgIpc) is 2.09. The van der Waals surface area contributed by atoms with Gasteiger partial charge >= 0.3 is 5.97 Å². The van der Waals surface area contributed by atoms with Crippen LogP contribution in [0, 0.1) is 5.92 Å². The second-order valence-electron chi connectivity index (χ2n) is 3.07. The monoisotopic (exact) mass is 189 g/mol. The molecule has 0 saturated carbocycles. The minimum Gasteiger partial charge on any atom is -0.469 e. The molecule has 0 aromatic heterocycles. The summed E-state index contributed by atoms with van der Waals surface area (Å²) in [6, 6.07) is 0.186. The van der Waals surface area contributed by atoms with Gasteiger partial charge in [-0.05, 0) is 23.8 Å². The zero-order valence-corrected chi connectivity index (χ0v) is 8.10. The Morgan fingerprint density at radius 1 is 1.75 bits per heavy atom. The topological polar surface area (TPSA) is 52.3 Å². The van der Waals surface area contributed by atoms with Crippen LogP contribution in [0.3, 0.4) is 0 Å². The molecule has 1 fully saturated rings. The molecule has 2 atom stereocenters. The molecule has 1 saturated heterocycles. The van der Waals surface area contributed by atoms with Gasteiger partial charge in [-0.2, -0.15) is 11.8 Å². The van der Waals surface area contributed by atoms with Gasteiger partial charge in [0.2, 0.25) is 0 Å². The normalized spacial score (nSPS) is 29.8. The lowest BCUT2D eigenvalue weighted by molar-refractivity contribution is -0.141. The van der Waals surface area contributed by atoms with Crippen LogP contribution in [-0.4, -0.2) is 30.6 Å². The first-order chi connectivity index (χ1) is 5.74. The minimum atomic E-state index is -0.141. The quantitative estimate of drug-likeness (QED) is 0.647. The molecule has 4 heteroatoms. The van der Waals surface area contributed by atoms with E-state index in [4.69, 9.17) is 5.73 Å². The molecule has 70 valence electrons. The van der Waals surface area contributed by atoms with Gasteiger partial charge in [0.25, 0.3) is 0 Å². The van der Waals surface area contributed by atoms with E-state index in [0.717, 1.165) is 17.9 Å². The van der Waals surface area contributed by atoms with Crippen molar-refractivity contribution in [1.82, 2.24) is 0 Å². The largest absolute Gasteiger partial charge is 0.469 e. The third-order valence-electron chi connectivity index (χ3n) is 2.19. The lowest BCUT2D eigenvalue weighted by Gasteiger charge is -2.26. The van der Waals surface area contributed by atoms with Crippen molar-refractivity contribution < 1.29 is 9.53 Å². The molecule has 1 aliphatic heterocycles. The van der Waals surface area contributed by atoms with E-state index in [1.165, 1.54) is 7.11 Å². The highest BCUT2D eigenvalue weighted by Crippen LogP contribution is 2.24. The van der Waals surface area contributed by atoms with Crippen molar-refractivity contribution in [1.29, 1.82) is 0 Å². The van der Waals surface area contributed by atoms with Gasteiger partial charge in [0.05, 0.1) is 13.5 Å². The van der Waals surface area contributed by atoms with Crippen LogP contribution in [0.1, 0.15) is 12.8 Å². The van der Waals surface area contributed by atoms with E-state index >= 15 is 0 Å². The van der Waals surface area contributed by atoms with Crippen LogP contribution in [0.15, 0.2) is 0 Å².